The second kappa shape index (κ2) is 12.7. The van der Waals surface area contributed by atoms with E-state index >= 15 is 0 Å². The van der Waals surface area contributed by atoms with Gasteiger partial charge in [-0.1, -0.05) is 83.0 Å². The van der Waals surface area contributed by atoms with Crippen LogP contribution in [-0.4, -0.2) is 29.3 Å². The first-order chi connectivity index (χ1) is 16.4. The third-order valence-corrected chi connectivity index (χ3v) is 6.30. The van der Waals surface area contributed by atoms with Crippen LogP contribution in [0.3, 0.4) is 0 Å². The zero-order chi connectivity index (χ0) is 24.5. The lowest BCUT2D eigenvalue weighted by molar-refractivity contribution is -0.140. The molecule has 3 aromatic rings. The van der Waals surface area contributed by atoms with Crippen molar-refractivity contribution in [3.8, 4) is 0 Å². The van der Waals surface area contributed by atoms with Gasteiger partial charge in [0.05, 0.1) is 6.42 Å². The van der Waals surface area contributed by atoms with E-state index in [-0.39, 0.29) is 35.4 Å². The molecule has 0 aromatic heterocycles. The minimum Gasteiger partial charge on any atom is -0.354 e. The Morgan fingerprint density at radius 1 is 1.03 bits per heavy atom. The standard InChI is InChI=1S/C27H27BrClFN2O2/c1-2-14-31-27(34)25(16-19-8-4-3-5-9-19)32(18-20-10-6-11-21(28)15-20)26(33)17-22-23(29)12-7-13-24(22)30/h3-13,15,25H,2,14,16-18H2,1H3,(H,31,34)/t25-/m0/s1. The van der Waals surface area contributed by atoms with E-state index in [9.17, 15) is 14.0 Å². The van der Waals surface area contributed by atoms with E-state index in [1.54, 1.807) is 6.07 Å². The van der Waals surface area contributed by atoms with Gasteiger partial charge in [0.25, 0.3) is 0 Å². The molecule has 7 heteroatoms. The van der Waals surface area contributed by atoms with Crippen LogP contribution < -0.4 is 5.32 Å². The number of hydrogen-bond acceptors (Lipinski definition) is 2. The lowest BCUT2D eigenvalue weighted by atomic mass is 10.0. The molecule has 4 nitrogen and oxygen atoms in total. The minimum atomic E-state index is -0.772. The van der Waals surface area contributed by atoms with E-state index < -0.39 is 11.9 Å². The van der Waals surface area contributed by atoms with E-state index in [1.165, 1.54) is 17.0 Å². The molecule has 1 atom stereocenters. The van der Waals surface area contributed by atoms with Crippen molar-refractivity contribution < 1.29 is 14.0 Å². The molecule has 34 heavy (non-hydrogen) atoms. The quantitative estimate of drug-likeness (QED) is 0.342. The molecule has 0 aliphatic rings. The van der Waals surface area contributed by atoms with Crippen molar-refractivity contribution in [1.29, 1.82) is 0 Å². The van der Waals surface area contributed by atoms with E-state index in [4.69, 9.17) is 11.6 Å². The van der Waals surface area contributed by atoms with Crippen molar-refractivity contribution in [3.05, 3.63) is 105 Å². The molecule has 0 unspecified atom stereocenters. The molecule has 1 N–H and O–H groups in total. The van der Waals surface area contributed by atoms with Gasteiger partial charge >= 0.3 is 0 Å². The van der Waals surface area contributed by atoms with Gasteiger partial charge in [0.2, 0.25) is 11.8 Å². The van der Waals surface area contributed by atoms with Crippen LogP contribution in [0, 0.1) is 5.82 Å². The van der Waals surface area contributed by atoms with Gasteiger partial charge in [-0.2, -0.15) is 0 Å². The van der Waals surface area contributed by atoms with Crippen LogP contribution >= 0.6 is 27.5 Å². The summed E-state index contributed by atoms with van der Waals surface area (Å²) < 4.78 is 15.4. The molecule has 0 aliphatic carbocycles. The molecular weight excluding hydrogens is 519 g/mol. The predicted octanol–water partition coefficient (Wildman–Crippen LogP) is 5.95. The predicted molar refractivity (Wildman–Crippen MR) is 137 cm³/mol. The smallest absolute Gasteiger partial charge is 0.243 e. The third-order valence-electron chi connectivity index (χ3n) is 5.45. The zero-order valence-electron chi connectivity index (χ0n) is 18.9. The lowest BCUT2D eigenvalue weighted by Crippen LogP contribution is -2.51. The van der Waals surface area contributed by atoms with Crippen molar-refractivity contribution in [2.24, 2.45) is 0 Å². The Balaban J connectivity index is 1.99. The second-order valence-electron chi connectivity index (χ2n) is 8.03. The van der Waals surface area contributed by atoms with Crippen molar-refractivity contribution >= 4 is 39.3 Å². The van der Waals surface area contributed by atoms with Crippen molar-refractivity contribution in [2.75, 3.05) is 6.54 Å². The van der Waals surface area contributed by atoms with E-state index in [0.717, 1.165) is 22.0 Å². The molecular formula is C27H27BrClFN2O2. The van der Waals surface area contributed by atoms with Crippen LogP contribution in [0.4, 0.5) is 4.39 Å². The number of carbonyl (C=O) groups is 2. The van der Waals surface area contributed by atoms with E-state index in [2.05, 4.69) is 21.2 Å². The number of nitrogens with zero attached hydrogens (tertiary/aromatic N) is 1. The third kappa shape index (κ3) is 7.15. The highest BCUT2D eigenvalue weighted by Crippen LogP contribution is 2.23. The number of halogens is 3. The molecule has 0 radical (unpaired) electrons. The van der Waals surface area contributed by atoms with Gasteiger partial charge in [0, 0.05) is 34.6 Å². The molecule has 2 amide bonds. The topological polar surface area (TPSA) is 49.4 Å². The number of amides is 2. The largest absolute Gasteiger partial charge is 0.354 e. The molecule has 0 heterocycles. The summed E-state index contributed by atoms with van der Waals surface area (Å²) in [6, 6.07) is 20.7. The number of benzene rings is 3. The van der Waals surface area contributed by atoms with Crippen LogP contribution in [0.5, 0.6) is 0 Å². The Labute approximate surface area is 213 Å². The zero-order valence-corrected chi connectivity index (χ0v) is 21.3. The number of rotatable bonds is 10. The summed E-state index contributed by atoms with van der Waals surface area (Å²) in [5, 5.41) is 3.12. The lowest BCUT2D eigenvalue weighted by Gasteiger charge is -2.32. The first kappa shape index (κ1) is 25.9. The molecule has 0 saturated heterocycles. The summed E-state index contributed by atoms with van der Waals surface area (Å²) in [7, 11) is 0. The fourth-order valence-corrected chi connectivity index (χ4v) is 4.38. The first-order valence-corrected chi connectivity index (χ1v) is 12.3. The first-order valence-electron chi connectivity index (χ1n) is 11.2. The average molecular weight is 546 g/mol. The fourth-order valence-electron chi connectivity index (χ4n) is 3.71. The summed E-state index contributed by atoms with van der Waals surface area (Å²) in [5.41, 5.74) is 1.90. The fraction of sp³-hybridized carbons (Fsp3) is 0.259. The van der Waals surface area contributed by atoms with E-state index in [0.29, 0.717) is 13.0 Å². The van der Waals surface area contributed by atoms with Gasteiger partial charge in [-0.3, -0.25) is 9.59 Å². The van der Waals surface area contributed by atoms with Crippen molar-refractivity contribution in [3.63, 3.8) is 0 Å². The van der Waals surface area contributed by atoms with Crippen LogP contribution in [-0.2, 0) is 29.0 Å². The molecule has 0 saturated carbocycles. The summed E-state index contributed by atoms with van der Waals surface area (Å²) in [4.78, 5) is 28.4. The van der Waals surface area contributed by atoms with Gasteiger partial charge < -0.3 is 10.2 Å². The Bertz CT molecular complexity index is 1110. The monoisotopic (exact) mass is 544 g/mol. The maximum atomic E-state index is 14.5. The van der Waals surface area contributed by atoms with Gasteiger partial charge in [-0.05, 0) is 41.8 Å². The van der Waals surface area contributed by atoms with Gasteiger partial charge in [-0.25, -0.2) is 4.39 Å². The normalized spacial score (nSPS) is 11.6. The Morgan fingerprint density at radius 3 is 2.41 bits per heavy atom. The molecule has 3 rings (SSSR count). The summed E-state index contributed by atoms with van der Waals surface area (Å²) in [6.07, 6.45) is 0.862. The van der Waals surface area contributed by atoms with Crippen molar-refractivity contribution in [1.82, 2.24) is 10.2 Å². The number of nitrogens with one attached hydrogen (secondary N) is 1. The van der Waals surface area contributed by atoms with Crippen LogP contribution in [0.15, 0.2) is 77.3 Å². The second-order valence-corrected chi connectivity index (χ2v) is 9.35. The molecule has 3 aromatic carbocycles. The van der Waals surface area contributed by atoms with Crippen LogP contribution in [0.1, 0.15) is 30.0 Å². The van der Waals surface area contributed by atoms with Crippen LogP contribution in [0.25, 0.3) is 0 Å². The summed E-state index contributed by atoms with van der Waals surface area (Å²) in [5.74, 6) is -1.16. The Morgan fingerprint density at radius 2 is 1.74 bits per heavy atom. The summed E-state index contributed by atoms with van der Waals surface area (Å²) >= 11 is 9.67. The maximum Gasteiger partial charge on any atom is 0.243 e. The highest BCUT2D eigenvalue weighted by Gasteiger charge is 2.31. The Hall–Kier alpha value is -2.70. The molecule has 0 fully saturated rings. The van der Waals surface area contributed by atoms with Crippen molar-refractivity contribution in [2.45, 2.75) is 38.8 Å². The Kier molecular flexibility index (Phi) is 9.66. The SMILES string of the molecule is CCCNC(=O)[C@H](Cc1ccccc1)N(Cc1cccc(Br)c1)C(=O)Cc1c(F)cccc1Cl. The van der Waals surface area contributed by atoms with Gasteiger partial charge in [0.1, 0.15) is 11.9 Å². The molecule has 0 bridgehead atoms. The van der Waals surface area contributed by atoms with E-state index in [1.807, 2.05) is 61.5 Å². The number of hydrogen-bond donors (Lipinski definition) is 1. The summed E-state index contributed by atoms with van der Waals surface area (Å²) in [6.45, 7) is 2.67. The molecule has 0 aliphatic heterocycles. The van der Waals surface area contributed by atoms with Crippen LogP contribution in [0.2, 0.25) is 5.02 Å². The highest BCUT2D eigenvalue weighted by atomic mass is 79.9. The molecule has 178 valence electrons. The number of carbonyl (C=O) groups excluding carboxylic acids is 2. The van der Waals surface area contributed by atoms with Gasteiger partial charge in [-0.15, -0.1) is 0 Å². The highest BCUT2D eigenvalue weighted by molar-refractivity contribution is 9.10. The average Bonchev–Trinajstić information content (AvgIpc) is 2.82. The minimum absolute atomic E-state index is 0.126. The van der Waals surface area contributed by atoms with Gasteiger partial charge in [0.15, 0.2) is 0 Å². The molecule has 0 spiro atoms. The maximum absolute atomic E-state index is 14.5.